The van der Waals surface area contributed by atoms with Crippen LogP contribution in [0, 0.1) is 0 Å². The Morgan fingerprint density at radius 1 is 1.45 bits per heavy atom. The van der Waals surface area contributed by atoms with Crippen LogP contribution >= 0.6 is 0 Å². The topological polar surface area (TPSA) is 58.6 Å². The van der Waals surface area contributed by atoms with E-state index in [9.17, 15) is 4.79 Å². The predicted molar refractivity (Wildman–Crippen MR) is 81.8 cm³/mol. The van der Waals surface area contributed by atoms with Crippen LogP contribution in [0.5, 0.6) is 0 Å². The SMILES string of the molecule is CN(Cc1ncccn1)C1CCN(C(=O)C2=COCCC2)C1. The van der Waals surface area contributed by atoms with Gasteiger partial charge in [0.05, 0.1) is 25.0 Å². The molecule has 2 aliphatic rings. The summed E-state index contributed by atoms with van der Waals surface area (Å²) in [5, 5.41) is 0. The van der Waals surface area contributed by atoms with Gasteiger partial charge in [0, 0.05) is 31.5 Å². The van der Waals surface area contributed by atoms with Crippen molar-refractivity contribution in [2.75, 3.05) is 26.7 Å². The number of amides is 1. The molecule has 0 spiro atoms. The van der Waals surface area contributed by atoms with Crippen LogP contribution in [0.2, 0.25) is 0 Å². The molecular weight excluding hydrogens is 280 g/mol. The van der Waals surface area contributed by atoms with Crippen LogP contribution in [0.3, 0.4) is 0 Å². The average Bonchev–Trinajstić information content (AvgIpc) is 3.06. The van der Waals surface area contributed by atoms with Crippen molar-refractivity contribution in [1.29, 1.82) is 0 Å². The maximum Gasteiger partial charge on any atom is 0.252 e. The minimum atomic E-state index is 0.131. The van der Waals surface area contributed by atoms with Crippen molar-refractivity contribution in [1.82, 2.24) is 19.8 Å². The van der Waals surface area contributed by atoms with Crippen molar-refractivity contribution in [2.45, 2.75) is 31.8 Å². The highest BCUT2D eigenvalue weighted by molar-refractivity contribution is 5.93. The molecule has 0 aliphatic carbocycles. The van der Waals surface area contributed by atoms with Gasteiger partial charge in [-0.25, -0.2) is 9.97 Å². The summed E-state index contributed by atoms with van der Waals surface area (Å²) in [5.74, 6) is 0.949. The number of carbonyl (C=O) groups excluding carboxylic acids is 1. The third kappa shape index (κ3) is 3.44. The zero-order chi connectivity index (χ0) is 15.4. The fourth-order valence-electron chi connectivity index (χ4n) is 2.97. The first kappa shape index (κ1) is 15.0. The van der Waals surface area contributed by atoms with Crippen molar-refractivity contribution in [2.24, 2.45) is 0 Å². The van der Waals surface area contributed by atoms with Crippen molar-refractivity contribution in [3.05, 3.63) is 36.1 Å². The first-order valence-corrected chi connectivity index (χ1v) is 7.80. The number of nitrogens with zero attached hydrogens (tertiary/aromatic N) is 4. The van der Waals surface area contributed by atoms with E-state index in [4.69, 9.17) is 4.74 Å². The molecule has 1 unspecified atom stereocenters. The third-order valence-electron chi connectivity index (χ3n) is 4.29. The van der Waals surface area contributed by atoms with E-state index in [-0.39, 0.29) is 5.91 Å². The van der Waals surface area contributed by atoms with Crippen LogP contribution in [0.4, 0.5) is 0 Å². The minimum Gasteiger partial charge on any atom is -0.501 e. The molecule has 3 heterocycles. The van der Waals surface area contributed by atoms with Gasteiger partial charge in [-0.3, -0.25) is 9.69 Å². The Kier molecular flexibility index (Phi) is 4.68. The Bertz CT molecular complexity index is 546. The summed E-state index contributed by atoms with van der Waals surface area (Å²) in [6.07, 6.45) is 7.91. The normalized spacial score (nSPS) is 21.6. The van der Waals surface area contributed by atoms with Crippen LogP contribution in [0.15, 0.2) is 30.3 Å². The highest BCUT2D eigenvalue weighted by Gasteiger charge is 2.30. The smallest absolute Gasteiger partial charge is 0.252 e. The molecule has 0 radical (unpaired) electrons. The number of hydrogen-bond acceptors (Lipinski definition) is 5. The average molecular weight is 302 g/mol. The van der Waals surface area contributed by atoms with Crippen LogP contribution in [-0.2, 0) is 16.1 Å². The molecule has 1 fully saturated rings. The standard InChI is InChI=1S/C16H22N4O2/c1-19(11-15-17-6-3-7-18-15)14-5-8-20(10-14)16(21)13-4-2-9-22-12-13/h3,6-7,12,14H,2,4-5,8-11H2,1H3. The lowest BCUT2D eigenvalue weighted by Crippen LogP contribution is -2.37. The van der Waals surface area contributed by atoms with Gasteiger partial charge >= 0.3 is 0 Å². The first-order chi connectivity index (χ1) is 10.7. The molecule has 1 aromatic rings. The van der Waals surface area contributed by atoms with Gasteiger partial charge in [0.25, 0.3) is 5.91 Å². The number of hydrogen-bond donors (Lipinski definition) is 0. The lowest BCUT2D eigenvalue weighted by Gasteiger charge is -2.24. The molecule has 0 bridgehead atoms. The van der Waals surface area contributed by atoms with Gasteiger partial charge in [-0.15, -0.1) is 0 Å². The molecule has 0 aromatic carbocycles. The Morgan fingerprint density at radius 2 is 2.27 bits per heavy atom. The van der Waals surface area contributed by atoms with Gasteiger partial charge in [0.2, 0.25) is 0 Å². The summed E-state index contributed by atoms with van der Waals surface area (Å²) >= 11 is 0. The quantitative estimate of drug-likeness (QED) is 0.836. The zero-order valence-electron chi connectivity index (χ0n) is 12.9. The second-order valence-electron chi connectivity index (χ2n) is 5.89. The van der Waals surface area contributed by atoms with Gasteiger partial charge in [-0.2, -0.15) is 0 Å². The van der Waals surface area contributed by atoms with E-state index in [1.165, 1.54) is 0 Å². The lowest BCUT2D eigenvalue weighted by molar-refractivity contribution is -0.126. The molecule has 22 heavy (non-hydrogen) atoms. The number of aromatic nitrogens is 2. The molecule has 118 valence electrons. The Hall–Kier alpha value is -1.95. The summed E-state index contributed by atoms with van der Waals surface area (Å²) in [6, 6.07) is 2.18. The maximum atomic E-state index is 12.5. The fourth-order valence-corrected chi connectivity index (χ4v) is 2.97. The van der Waals surface area contributed by atoms with Crippen LogP contribution in [-0.4, -0.2) is 58.5 Å². The Morgan fingerprint density at radius 3 is 3.00 bits per heavy atom. The van der Waals surface area contributed by atoms with E-state index in [0.29, 0.717) is 12.6 Å². The highest BCUT2D eigenvalue weighted by atomic mass is 16.5. The van der Waals surface area contributed by atoms with Crippen LogP contribution in [0.1, 0.15) is 25.1 Å². The summed E-state index contributed by atoms with van der Waals surface area (Å²) in [7, 11) is 2.07. The van der Waals surface area contributed by atoms with Crippen molar-refractivity contribution in [3.8, 4) is 0 Å². The van der Waals surface area contributed by atoms with E-state index in [1.807, 2.05) is 11.0 Å². The van der Waals surface area contributed by atoms with Crippen molar-refractivity contribution >= 4 is 5.91 Å². The molecular formula is C16H22N4O2. The van der Waals surface area contributed by atoms with E-state index >= 15 is 0 Å². The van der Waals surface area contributed by atoms with E-state index in [2.05, 4.69) is 21.9 Å². The van der Waals surface area contributed by atoms with Crippen LogP contribution in [0.25, 0.3) is 0 Å². The number of rotatable bonds is 4. The highest BCUT2D eigenvalue weighted by Crippen LogP contribution is 2.21. The van der Waals surface area contributed by atoms with Crippen molar-refractivity contribution < 1.29 is 9.53 Å². The summed E-state index contributed by atoms with van der Waals surface area (Å²) in [6.45, 7) is 3.00. The monoisotopic (exact) mass is 302 g/mol. The van der Waals surface area contributed by atoms with E-state index in [1.54, 1.807) is 18.7 Å². The number of likely N-dealkylation sites (tertiary alicyclic amines) is 1. The maximum absolute atomic E-state index is 12.5. The molecule has 2 aliphatic heterocycles. The number of ether oxygens (including phenoxy) is 1. The second kappa shape index (κ2) is 6.87. The largest absolute Gasteiger partial charge is 0.501 e. The first-order valence-electron chi connectivity index (χ1n) is 7.80. The molecule has 3 rings (SSSR count). The predicted octanol–water partition coefficient (Wildman–Crippen LogP) is 1.20. The lowest BCUT2D eigenvalue weighted by atomic mass is 10.1. The molecule has 6 nitrogen and oxygen atoms in total. The van der Waals surface area contributed by atoms with Gasteiger partial charge < -0.3 is 9.64 Å². The van der Waals surface area contributed by atoms with E-state index < -0.39 is 0 Å². The second-order valence-corrected chi connectivity index (χ2v) is 5.89. The number of likely N-dealkylation sites (N-methyl/N-ethyl adjacent to an activating group) is 1. The summed E-state index contributed by atoms with van der Waals surface area (Å²) in [4.78, 5) is 25.1. The fraction of sp³-hybridized carbons (Fsp3) is 0.562. The molecule has 1 atom stereocenters. The van der Waals surface area contributed by atoms with Gasteiger partial charge in [0.1, 0.15) is 5.82 Å². The summed E-state index contributed by atoms with van der Waals surface area (Å²) in [5.41, 5.74) is 0.806. The zero-order valence-corrected chi connectivity index (χ0v) is 12.9. The Labute approximate surface area is 130 Å². The molecule has 1 amide bonds. The number of carbonyl (C=O) groups is 1. The van der Waals surface area contributed by atoms with Crippen molar-refractivity contribution in [3.63, 3.8) is 0 Å². The third-order valence-corrected chi connectivity index (χ3v) is 4.29. The van der Waals surface area contributed by atoms with Gasteiger partial charge in [0.15, 0.2) is 0 Å². The van der Waals surface area contributed by atoms with Crippen LogP contribution < -0.4 is 0 Å². The molecule has 0 N–H and O–H groups in total. The minimum absolute atomic E-state index is 0.131. The van der Waals surface area contributed by atoms with Gasteiger partial charge in [-0.05, 0) is 32.4 Å². The molecule has 1 saturated heterocycles. The summed E-state index contributed by atoms with van der Waals surface area (Å²) < 4.78 is 5.28. The van der Waals surface area contributed by atoms with E-state index in [0.717, 1.165) is 50.4 Å². The molecule has 0 saturated carbocycles. The molecule has 6 heteroatoms. The molecule has 1 aromatic heterocycles. The van der Waals surface area contributed by atoms with Gasteiger partial charge in [-0.1, -0.05) is 0 Å². The Balaban J connectivity index is 1.55.